The molecule has 0 aromatic heterocycles. The minimum absolute atomic E-state index is 0.00739. The van der Waals surface area contributed by atoms with E-state index in [9.17, 15) is 18.4 Å². The third-order valence-corrected chi connectivity index (χ3v) is 5.74. The van der Waals surface area contributed by atoms with Gasteiger partial charge in [0.05, 0.1) is 38.6 Å². The number of esters is 1. The zero-order valence-corrected chi connectivity index (χ0v) is 23.9. The Balaban J connectivity index is 1.88. The number of hydrogen-bond donors (Lipinski definition) is 1. The number of carbonyl (C=O) groups is 2. The van der Waals surface area contributed by atoms with E-state index in [2.05, 4.69) is 5.43 Å². The monoisotopic (exact) mass is 572 g/mol. The summed E-state index contributed by atoms with van der Waals surface area (Å²) in [5.74, 6) is -1.95. The van der Waals surface area contributed by atoms with Crippen molar-refractivity contribution in [1.29, 1.82) is 0 Å². The summed E-state index contributed by atoms with van der Waals surface area (Å²) in [7, 11) is 4.14. The molecule has 0 bridgehead atoms. The molecule has 3 rings (SSSR count). The van der Waals surface area contributed by atoms with Gasteiger partial charge in [0.25, 0.3) is 0 Å². The number of hydrogen-bond acceptors (Lipinski definition) is 8. The number of benzene rings is 3. The first-order chi connectivity index (χ1) is 19.5. The van der Waals surface area contributed by atoms with E-state index in [-0.39, 0.29) is 31.1 Å². The van der Waals surface area contributed by atoms with Crippen molar-refractivity contribution >= 4 is 17.7 Å². The summed E-state index contributed by atoms with van der Waals surface area (Å²) in [5, 5.41) is 1.21. The fourth-order valence-corrected chi connectivity index (χ4v) is 3.77. The minimum atomic E-state index is -1.00. The molecule has 220 valence electrons. The van der Waals surface area contributed by atoms with Crippen LogP contribution in [0.2, 0.25) is 0 Å². The molecule has 9 nitrogen and oxygen atoms in total. The number of carbonyl (C=O) groups excluding carboxylic acids is 2. The number of ether oxygens (including phenoxy) is 5. The molecule has 3 aromatic carbocycles. The number of hydrazine groups is 1. The van der Waals surface area contributed by atoms with Crippen LogP contribution in [0.25, 0.3) is 11.1 Å². The third kappa shape index (κ3) is 8.31. The molecule has 0 aliphatic heterocycles. The van der Waals surface area contributed by atoms with E-state index in [0.29, 0.717) is 28.1 Å². The summed E-state index contributed by atoms with van der Waals surface area (Å²) < 4.78 is 54.3. The van der Waals surface area contributed by atoms with Gasteiger partial charge in [-0.15, -0.1) is 0 Å². The lowest BCUT2D eigenvalue weighted by molar-refractivity contribution is 0.0252. The number of rotatable bonds is 11. The Bertz CT molecular complexity index is 1360. The molecular formula is C30H34F2N2O7. The number of nitrogens with zero attached hydrogens (tertiary/aromatic N) is 1. The number of anilines is 1. The summed E-state index contributed by atoms with van der Waals surface area (Å²) in [4.78, 5) is 25.5. The Morgan fingerprint density at radius 3 is 2.24 bits per heavy atom. The highest BCUT2D eigenvalue weighted by Crippen LogP contribution is 2.33. The molecule has 0 aliphatic rings. The van der Waals surface area contributed by atoms with Crippen LogP contribution >= 0.6 is 0 Å². The van der Waals surface area contributed by atoms with E-state index in [1.165, 1.54) is 26.3 Å². The smallest absolute Gasteiger partial charge is 0.429 e. The predicted octanol–water partition coefficient (Wildman–Crippen LogP) is 6.22. The lowest BCUT2D eigenvalue weighted by Crippen LogP contribution is -2.42. The predicted molar refractivity (Wildman–Crippen MR) is 149 cm³/mol. The van der Waals surface area contributed by atoms with Gasteiger partial charge in [-0.2, -0.15) is 0 Å². The van der Waals surface area contributed by atoms with Crippen LogP contribution in [0.5, 0.6) is 11.5 Å². The number of para-hydroxylation sites is 1. The van der Waals surface area contributed by atoms with Gasteiger partial charge in [-0.25, -0.2) is 23.4 Å². The van der Waals surface area contributed by atoms with Crippen LogP contribution in [-0.4, -0.2) is 57.2 Å². The van der Waals surface area contributed by atoms with Gasteiger partial charge >= 0.3 is 12.1 Å². The van der Waals surface area contributed by atoms with Crippen LogP contribution in [-0.2, 0) is 20.8 Å². The van der Waals surface area contributed by atoms with Gasteiger partial charge in [0, 0.05) is 24.3 Å². The average molecular weight is 573 g/mol. The standard InChI is InChI=1S/C30H34F2N2O7/c1-30(2,3)41-29(36)34(14-15-37-4)33-27-20(8-7-9-22(27)28(35)39-6)18-40-21-12-10-19(11-13-21)23-16-24(31)25(32)17-26(23)38-5/h7-13,16-17,33H,14-15,18H2,1-6H3. The van der Waals surface area contributed by atoms with Crippen molar-refractivity contribution in [3.63, 3.8) is 0 Å². The van der Waals surface area contributed by atoms with E-state index in [1.807, 2.05) is 0 Å². The molecule has 1 amide bonds. The number of amides is 1. The molecule has 0 aliphatic carbocycles. The van der Waals surface area contributed by atoms with E-state index in [1.54, 1.807) is 63.2 Å². The Morgan fingerprint density at radius 2 is 1.63 bits per heavy atom. The zero-order valence-electron chi connectivity index (χ0n) is 23.9. The maximum Gasteiger partial charge on any atom is 0.429 e. The second-order valence-electron chi connectivity index (χ2n) is 9.85. The molecule has 11 heteroatoms. The van der Waals surface area contributed by atoms with E-state index in [0.717, 1.165) is 12.1 Å². The van der Waals surface area contributed by atoms with Crippen LogP contribution < -0.4 is 14.9 Å². The van der Waals surface area contributed by atoms with Gasteiger partial charge < -0.3 is 23.7 Å². The second-order valence-corrected chi connectivity index (χ2v) is 9.85. The molecule has 0 fully saturated rings. The highest BCUT2D eigenvalue weighted by atomic mass is 19.2. The lowest BCUT2D eigenvalue weighted by atomic mass is 10.0. The third-order valence-electron chi connectivity index (χ3n) is 5.74. The molecule has 0 spiro atoms. The van der Waals surface area contributed by atoms with Crippen molar-refractivity contribution in [1.82, 2.24) is 5.01 Å². The van der Waals surface area contributed by atoms with Crippen molar-refractivity contribution in [2.75, 3.05) is 39.9 Å². The number of halogens is 2. The normalized spacial score (nSPS) is 11.0. The Hall–Kier alpha value is -4.38. The summed E-state index contributed by atoms with van der Waals surface area (Å²) in [6.07, 6.45) is -0.663. The molecular weight excluding hydrogens is 538 g/mol. The quantitative estimate of drug-likeness (QED) is 0.214. The number of methoxy groups -OCH3 is 3. The van der Waals surface area contributed by atoms with E-state index in [4.69, 9.17) is 23.7 Å². The minimum Gasteiger partial charge on any atom is -0.496 e. The Kier molecular flexibility index (Phi) is 10.5. The van der Waals surface area contributed by atoms with Crippen molar-refractivity contribution in [3.05, 3.63) is 77.4 Å². The lowest BCUT2D eigenvalue weighted by Gasteiger charge is -2.29. The van der Waals surface area contributed by atoms with Gasteiger partial charge in [-0.3, -0.25) is 5.43 Å². The Morgan fingerprint density at radius 1 is 0.951 bits per heavy atom. The molecule has 0 saturated carbocycles. The summed E-state index contributed by atoms with van der Waals surface area (Å²) in [6.45, 7) is 5.57. The summed E-state index contributed by atoms with van der Waals surface area (Å²) in [6, 6.07) is 13.7. The molecule has 0 saturated heterocycles. The van der Waals surface area contributed by atoms with Crippen molar-refractivity contribution < 1.29 is 42.1 Å². The van der Waals surface area contributed by atoms with Crippen LogP contribution in [0, 0.1) is 11.6 Å². The van der Waals surface area contributed by atoms with Gasteiger partial charge in [-0.05, 0) is 50.6 Å². The largest absolute Gasteiger partial charge is 0.496 e. The molecule has 0 radical (unpaired) electrons. The molecule has 0 atom stereocenters. The van der Waals surface area contributed by atoms with E-state index < -0.39 is 29.3 Å². The van der Waals surface area contributed by atoms with Crippen molar-refractivity contribution in [3.8, 4) is 22.6 Å². The summed E-state index contributed by atoms with van der Waals surface area (Å²) >= 11 is 0. The maximum absolute atomic E-state index is 13.9. The molecule has 0 unspecified atom stereocenters. The SMILES string of the molecule is COCCN(Nc1c(COc2ccc(-c3cc(F)c(F)cc3OC)cc2)cccc1C(=O)OC)C(=O)OC(C)(C)C. The van der Waals surface area contributed by atoms with Crippen LogP contribution in [0.3, 0.4) is 0 Å². The molecule has 1 N–H and O–H groups in total. The fraction of sp³-hybridized carbons (Fsp3) is 0.333. The van der Waals surface area contributed by atoms with Crippen molar-refractivity contribution in [2.45, 2.75) is 33.0 Å². The zero-order chi connectivity index (χ0) is 30.2. The molecule has 0 heterocycles. The fourth-order valence-electron chi connectivity index (χ4n) is 3.77. The second kappa shape index (κ2) is 13.8. The van der Waals surface area contributed by atoms with Crippen LogP contribution in [0.4, 0.5) is 19.3 Å². The van der Waals surface area contributed by atoms with Gasteiger partial charge in [0.1, 0.15) is 23.7 Å². The van der Waals surface area contributed by atoms with Gasteiger partial charge in [-0.1, -0.05) is 24.3 Å². The van der Waals surface area contributed by atoms with Crippen LogP contribution in [0.1, 0.15) is 36.7 Å². The first-order valence-electron chi connectivity index (χ1n) is 12.7. The highest BCUT2D eigenvalue weighted by Gasteiger charge is 2.25. The average Bonchev–Trinajstić information content (AvgIpc) is 2.94. The highest BCUT2D eigenvalue weighted by molar-refractivity contribution is 5.96. The topological polar surface area (TPSA) is 95.6 Å². The molecule has 3 aromatic rings. The van der Waals surface area contributed by atoms with Crippen molar-refractivity contribution in [2.24, 2.45) is 0 Å². The van der Waals surface area contributed by atoms with Crippen LogP contribution in [0.15, 0.2) is 54.6 Å². The molecule has 41 heavy (non-hydrogen) atoms. The Labute approximate surface area is 237 Å². The first kappa shape index (κ1) is 31.2. The number of nitrogens with one attached hydrogen (secondary N) is 1. The van der Waals surface area contributed by atoms with E-state index >= 15 is 0 Å². The van der Waals surface area contributed by atoms with Gasteiger partial charge in [0.15, 0.2) is 11.6 Å². The maximum atomic E-state index is 13.9. The van der Waals surface area contributed by atoms with Gasteiger partial charge in [0.2, 0.25) is 0 Å². The summed E-state index contributed by atoms with van der Waals surface area (Å²) in [5.41, 5.74) is 4.24. The first-order valence-corrected chi connectivity index (χ1v) is 12.7.